The highest BCUT2D eigenvalue weighted by molar-refractivity contribution is 7.44. The Morgan fingerprint density at radius 3 is 2.94 bits per heavy atom. The van der Waals surface area contributed by atoms with Crippen LogP contribution in [0, 0.1) is 11.8 Å². The van der Waals surface area contributed by atoms with Crippen LogP contribution in [-0.2, 0) is 9.05 Å². The van der Waals surface area contributed by atoms with E-state index in [1.807, 2.05) is 0 Å². The zero-order chi connectivity index (χ0) is 11.1. The molecule has 4 heteroatoms. The van der Waals surface area contributed by atoms with Crippen molar-refractivity contribution >= 4 is 8.53 Å². The summed E-state index contributed by atoms with van der Waals surface area (Å²) >= 11 is 0. The van der Waals surface area contributed by atoms with Gasteiger partial charge in [0.2, 0.25) is 0 Å². The fraction of sp³-hybridized carbons (Fsp3) is 1.00. The normalized spacial score (nSPS) is 47.1. The fourth-order valence-corrected chi connectivity index (χ4v) is 5.32. The Bertz CT molecular complexity index is 261. The maximum absolute atomic E-state index is 5.94. The van der Waals surface area contributed by atoms with Crippen LogP contribution in [0.1, 0.15) is 39.5 Å². The van der Waals surface area contributed by atoms with Crippen LogP contribution in [0.4, 0.5) is 0 Å². The monoisotopic (exact) mass is 243 g/mol. The molecule has 3 aliphatic rings. The van der Waals surface area contributed by atoms with Crippen LogP contribution < -0.4 is 0 Å². The minimum Gasteiger partial charge on any atom is -0.322 e. The van der Waals surface area contributed by atoms with Crippen molar-refractivity contribution in [2.45, 2.75) is 51.7 Å². The highest BCUT2D eigenvalue weighted by Gasteiger charge is 2.50. The Balaban J connectivity index is 1.73. The maximum atomic E-state index is 5.94. The summed E-state index contributed by atoms with van der Waals surface area (Å²) in [5, 5.41) is 0. The Kier molecular flexibility index (Phi) is 3.23. The largest absolute Gasteiger partial charge is 0.322 e. The molecule has 0 aromatic rings. The van der Waals surface area contributed by atoms with E-state index >= 15 is 0 Å². The van der Waals surface area contributed by atoms with Gasteiger partial charge in [0.05, 0.1) is 12.7 Å². The lowest BCUT2D eigenvalue weighted by atomic mass is 9.80. The fourth-order valence-electron chi connectivity index (χ4n) is 3.44. The van der Waals surface area contributed by atoms with Gasteiger partial charge in [0.15, 0.2) is 0 Å². The van der Waals surface area contributed by atoms with Gasteiger partial charge in [0, 0.05) is 18.5 Å². The van der Waals surface area contributed by atoms with Gasteiger partial charge in [-0.05, 0) is 32.6 Å². The number of rotatable bonds is 2. The second-order valence-corrected chi connectivity index (χ2v) is 7.04. The molecule has 16 heavy (non-hydrogen) atoms. The summed E-state index contributed by atoms with van der Waals surface area (Å²) < 4.78 is 14.4. The highest BCUT2D eigenvalue weighted by Crippen LogP contribution is 2.58. The van der Waals surface area contributed by atoms with Gasteiger partial charge in [0.25, 0.3) is 8.53 Å². The molecule has 2 saturated heterocycles. The number of hydrogen-bond acceptors (Lipinski definition) is 3. The Morgan fingerprint density at radius 2 is 2.12 bits per heavy atom. The van der Waals surface area contributed by atoms with Crippen molar-refractivity contribution in [2.24, 2.45) is 11.8 Å². The smallest absolute Gasteiger partial charge is 0.259 e. The molecule has 2 heterocycles. The van der Waals surface area contributed by atoms with Crippen LogP contribution in [0.15, 0.2) is 0 Å². The van der Waals surface area contributed by atoms with Crippen molar-refractivity contribution in [2.75, 3.05) is 13.2 Å². The molecule has 1 saturated carbocycles. The van der Waals surface area contributed by atoms with Crippen LogP contribution in [-0.4, -0.2) is 30.0 Å². The summed E-state index contributed by atoms with van der Waals surface area (Å²) in [6.45, 7) is 6.38. The molecule has 0 aromatic carbocycles. The third-order valence-electron chi connectivity index (χ3n) is 4.10. The molecule has 0 radical (unpaired) electrons. The lowest BCUT2D eigenvalue weighted by Crippen LogP contribution is -2.32. The first-order valence-corrected chi connectivity index (χ1v) is 7.75. The standard InChI is InChI=1S/C12H22NO2P/c1-9(2)15-16-13-7-10(8-14-16)11-5-3-4-6-12(11)13/h9-12H,3-8H2,1-2H3/t10-,11+,12?,16+/m0/s1. The molecular weight excluding hydrogens is 221 g/mol. The molecule has 2 unspecified atom stereocenters. The lowest BCUT2D eigenvalue weighted by molar-refractivity contribution is 0.135. The Labute approximate surface area is 99.5 Å². The molecule has 3 rings (SSSR count). The molecule has 3 fully saturated rings. The summed E-state index contributed by atoms with van der Waals surface area (Å²) in [5.74, 6) is 1.69. The zero-order valence-electron chi connectivity index (χ0n) is 10.3. The minimum atomic E-state index is -0.743. The van der Waals surface area contributed by atoms with Gasteiger partial charge >= 0.3 is 0 Å². The molecule has 1 aliphatic carbocycles. The van der Waals surface area contributed by atoms with E-state index in [0.717, 1.165) is 24.5 Å². The third kappa shape index (κ3) is 1.92. The van der Waals surface area contributed by atoms with E-state index in [0.29, 0.717) is 0 Å². The van der Waals surface area contributed by atoms with Crippen LogP contribution >= 0.6 is 8.53 Å². The molecule has 5 atom stereocenters. The van der Waals surface area contributed by atoms with Crippen molar-refractivity contribution in [3.05, 3.63) is 0 Å². The maximum Gasteiger partial charge on any atom is 0.259 e. The number of hydrogen-bond donors (Lipinski definition) is 0. The van der Waals surface area contributed by atoms with Gasteiger partial charge in [-0.2, -0.15) is 0 Å². The molecule has 2 bridgehead atoms. The Morgan fingerprint density at radius 1 is 1.31 bits per heavy atom. The number of nitrogens with zero attached hydrogens (tertiary/aromatic N) is 1. The minimum absolute atomic E-state index is 0.283. The van der Waals surface area contributed by atoms with Crippen molar-refractivity contribution in [3.63, 3.8) is 0 Å². The van der Waals surface area contributed by atoms with Gasteiger partial charge in [-0.3, -0.25) is 0 Å². The quantitative estimate of drug-likeness (QED) is 0.695. The molecule has 3 nitrogen and oxygen atoms in total. The van der Waals surface area contributed by atoms with Gasteiger partial charge in [-0.1, -0.05) is 12.8 Å². The van der Waals surface area contributed by atoms with Gasteiger partial charge in [-0.15, -0.1) is 0 Å². The van der Waals surface area contributed by atoms with E-state index in [4.69, 9.17) is 9.05 Å². The summed E-state index contributed by atoms with van der Waals surface area (Å²) in [6, 6.07) is 0.770. The lowest BCUT2D eigenvalue weighted by Gasteiger charge is -2.35. The average molecular weight is 243 g/mol. The van der Waals surface area contributed by atoms with Gasteiger partial charge in [-0.25, -0.2) is 4.67 Å². The first-order valence-electron chi connectivity index (χ1n) is 6.62. The van der Waals surface area contributed by atoms with Crippen LogP contribution in [0.2, 0.25) is 0 Å². The van der Waals surface area contributed by atoms with Crippen LogP contribution in [0.5, 0.6) is 0 Å². The summed E-state index contributed by atoms with van der Waals surface area (Å²) in [6.07, 6.45) is 5.89. The molecule has 0 N–H and O–H groups in total. The molecule has 0 amide bonds. The molecule has 2 aliphatic heterocycles. The molecular formula is C12H22NO2P. The molecule has 92 valence electrons. The van der Waals surface area contributed by atoms with Crippen molar-refractivity contribution in [1.82, 2.24) is 4.67 Å². The second kappa shape index (κ2) is 4.53. The van der Waals surface area contributed by atoms with Gasteiger partial charge < -0.3 is 9.05 Å². The van der Waals surface area contributed by atoms with E-state index < -0.39 is 8.53 Å². The van der Waals surface area contributed by atoms with Crippen LogP contribution in [0.25, 0.3) is 0 Å². The van der Waals surface area contributed by atoms with E-state index in [1.165, 1.54) is 32.2 Å². The predicted molar refractivity (Wildman–Crippen MR) is 65.0 cm³/mol. The first-order chi connectivity index (χ1) is 7.75. The summed E-state index contributed by atoms with van der Waals surface area (Å²) in [5.41, 5.74) is 0. The molecule has 0 spiro atoms. The zero-order valence-corrected chi connectivity index (χ0v) is 11.2. The second-order valence-electron chi connectivity index (χ2n) is 5.59. The van der Waals surface area contributed by atoms with E-state index in [-0.39, 0.29) is 6.10 Å². The predicted octanol–water partition coefficient (Wildman–Crippen LogP) is 3.16. The van der Waals surface area contributed by atoms with Crippen molar-refractivity contribution in [1.29, 1.82) is 0 Å². The van der Waals surface area contributed by atoms with E-state index in [9.17, 15) is 0 Å². The summed E-state index contributed by atoms with van der Waals surface area (Å²) in [7, 11) is -0.743. The van der Waals surface area contributed by atoms with Crippen molar-refractivity contribution < 1.29 is 9.05 Å². The molecule has 0 aromatic heterocycles. The topological polar surface area (TPSA) is 21.7 Å². The van der Waals surface area contributed by atoms with Crippen molar-refractivity contribution in [3.8, 4) is 0 Å². The number of fused-ring (bicyclic) bond motifs is 5. The Hall–Kier alpha value is 0.310. The van der Waals surface area contributed by atoms with E-state index in [1.54, 1.807) is 0 Å². The first kappa shape index (κ1) is 11.4. The van der Waals surface area contributed by atoms with Gasteiger partial charge in [0.1, 0.15) is 0 Å². The summed E-state index contributed by atoms with van der Waals surface area (Å²) in [4.78, 5) is 0. The SMILES string of the molecule is CC(C)O[P@@]1OC[C@@H]2CN1C1CCCC[C@@H]12. The van der Waals surface area contributed by atoms with Crippen LogP contribution in [0.3, 0.4) is 0 Å². The highest BCUT2D eigenvalue weighted by atomic mass is 31.2. The third-order valence-corrected chi connectivity index (χ3v) is 5.95. The average Bonchev–Trinajstić information content (AvgIpc) is 2.58. The van der Waals surface area contributed by atoms with E-state index in [2.05, 4.69) is 18.5 Å².